The van der Waals surface area contributed by atoms with E-state index in [0.29, 0.717) is 25.9 Å². The molecule has 6 nitrogen and oxygen atoms in total. The minimum absolute atomic E-state index is 0.0169. The summed E-state index contributed by atoms with van der Waals surface area (Å²) in [6.07, 6.45) is 56.5. The van der Waals surface area contributed by atoms with Crippen LogP contribution in [0, 0.1) is 0 Å². The maximum atomic E-state index is 12.5. The van der Waals surface area contributed by atoms with Crippen molar-refractivity contribution >= 4 is 11.9 Å². The van der Waals surface area contributed by atoms with Gasteiger partial charge in [0, 0.05) is 12.8 Å². The zero-order valence-corrected chi connectivity index (χ0v) is 40.7. The Hall–Kier alpha value is -1.14. The molecule has 3 N–H and O–H groups in total. The van der Waals surface area contributed by atoms with E-state index in [1.807, 2.05) is 0 Å². The Labute approximate surface area is 375 Å². The largest absolute Gasteiger partial charge is 0.466 e. The molecule has 0 aromatic rings. The molecule has 60 heavy (non-hydrogen) atoms. The summed E-state index contributed by atoms with van der Waals surface area (Å²) in [5.41, 5.74) is 0. The molecule has 358 valence electrons. The van der Waals surface area contributed by atoms with Gasteiger partial charge < -0.3 is 20.3 Å². The molecule has 0 bridgehead atoms. The van der Waals surface area contributed by atoms with E-state index in [4.69, 9.17) is 4.74 Å². The standard InChI is InChI=1S/C54H107NO5/c1-3-5-7-9-11-13-15-17-18-19-20-21-22-23-24-25-26-30-34-38-42-46-52(57)51(50-56)55-53(58)47-43-39-35-31-28-29-33-37-41-45-49-60-54(59)48-44-40-36-32-27-16-14-12-10-8-6-4-2/h51-52,56-57H,3-50H2,1-2H3,(H,55,58). The van der Waals surface area contributed by atoms with E-state index < -0.39 is 12.1 Å². The summed E-state index contributed by atoms with van der Waals surface area (Å²) >= 11 is 0. The van der Waals surface area contributed by atoms with Crippen LogP contribution in [-0.2, 0) is 14.3 Å². The number of aliphatic hydroxyl groups is 2. The third-order valence-electron chi connectivity index (χ3n) is 12.9. The summed E-state index contributed by atoms with van der Waals surface area (Å²) in [6, 6.07) is -0.557. The lowest BCUT2D eigenvalue weighted by molar-refractivity contribution is -0.143. The summed E-state index contributed by atoms with van der Waals surface area (Å²) in [7, 11) is 0. The molecule has 2 atom stereocenters. The van der Waals surface area contributed by atoms with Crippen molar-refractivity contribution in [2.24, 2.45) is 0 Å². The van der Waals surface area contributed by atoms with Gasteiger partial charge in [-0.15, -0.1) is 0 Å². The first-order chi connectivity index (χ1) is 29.5. The van der Waals surface area contributed by atoms with Crippen molar-refractivity contribution in [2.45, 2.75) is 321 Å². The Kier molecular flexibility index (Phi) is 49.5. The average molecular weight is 850 g/mol. The van der Waals surface area contributed by atoms with Crippen molar-refractivity contribution in [2.75, 3.05) is 13.2 Å². The number of nitrogens with one attached hydrogen (secondary N) is 1. The number of amides is 1. The second-order valence-corrected chi connectivity index (χ2v) is 18.9. The zero-order valence-electron chi connectivity index (χ0n) is 40.7. The summed E-state index contributed by atoms with van der Waals surface area (Å²) in [6.45, 7) is 4.92. The number of carbonyl (C=O) groups is 2. The first kappa shape index (κ1) is 58.9. The van der Waals surface area contributed by atoms with Crippen LogP contribution in [0.4, 0.5) is 0 Å². The summed E-state index contributed by atoms with van der Waals surface area (Å²) < 4.78 is 5.45. The maximum Gasteiger partial charge on any atom is 0.305 e. The normalized spacial score (nSPS) is 12.5. The minimum Gasteiger partial charge on any atom is -0.466 e. The van der Waals surface area contributed by atoms with Crippen molar-refractivity contribution < 1.29 is 24.5 Å². The van der Waals surface area contributed by atoms with E-state index in [-0.39, 0.29) is 18.5 Å². The SMILES string of the molecule is CCCCCCCCCCCCCCCCCCCCCCCC(O)C(CO)NC(=O)CCCCCCCCCCCCOC(=O)CCCCCCCCCCCCCC. The summed E-state index contributed by atoms with van der Waals surface area (Å²) in [4.78, 5) is 24.5. The molecule has 6 heteroatoms. The fraction of sp³-hybridized carbons (Fsp3) is 0.963. The molecule has 1 amide bonds. The topological polar surface area (TPSA) is 95.9 Å². The van der Waals surface area contributed by atoms with Crippen molar-refractivity contribution in [3.8, 4) is 0 Å². The van der Waals surface area contributed by atoms with E-state index in [0.717, 1.165) is 57.8 Å². The number of esters is 1. The van der Waals surface area contributed by atoms with Crippen molar-refractivity contribution in [3.63, 3.8) is 0 Å². The second kappa shape index (κ2) is 50.5. The van der Waals surface area contributed by atoms with E-state index in [9.17, 15) is 19.8 Å². The molecule has 0 aliphatic carbocycles. The number of carbonyl (C=O) groups excluding carboxylic acids is 2. The van der Waals surface area contributed by atoms with Gasteiger partial charge in [-0.25, -0.2) is 0 Å². The van der Waals surface area contributed by atoms with Gasteiger partial charge in [0.05, 0.1) is 25.4 Å². The Morgan fingerprint density at radius 2 is 0.683 bits per heavy atom. The van der Waals surface area contributed by atoms with E-state index in [2.05, 4.69) is 19.2 Å². The molecule has 0 saturated carbocycles. The van der Waals surface area contributed by atoms with Crippen LogP contribution in [0.5, 0.6) is 0 Å². The van der Waals surface area contributed by atoms with Crippen molar-refractivity contribution in [3.05, 3.63) is 0 Å². The van der Waals surface area contributed by atoms with Gasteiger partial charge >= 0.3 is 5.97 Å². The first-order valence-electron chi connectivity index (χ1n) is 27.3. The first-order valence-corrected chi connectivity index (χ1v) is 27.3. The molecule has 0 aliphatic rings. The number of unbranched alkanes of at least 4 members (excludes halogenated alkanes) is 40. The minimum atomic E-state index is -0.678. The third-order valence-corrected chi connectivity index (χ3v) is 12.9. The molecule has 0 heterocycles. The quantitative estimate of drug-likeness (QED) is 0.0418. The highest BCUT2D eigenvalue weighted by Gasteiger charge is 2.20. The number of hydrogen-bond acceptors (Lipinski definition) is 5. The molecular formula is C54H107NO5. The smallest absolute Gasteiger partial charge is 0.305 e. The van der Waals surface area contributed by atoms with Crippen LogP contribution in [0.1, 0.15) is 309 Å². The molecule has 0 aliphatic heterocycles. The van der Waals surface area contributed by atoms with E-state index in [1.165, 1.54) is 218 Å². The van der Waals surface area contributed by atoms with Gasteiger partial charge in [0.2, 0.25) is 5.91 Å². The predicted octanol–water partition coefficient (Wildman–Crippen LogP) is 16.4. The van der Waals surface area contributed by atoms with Crippen LogP contribution in [0.2, 0.25) is 0 Å². The van der Waals surface area contributed by atoms with Gasteiger partial charge in [-0.05, 0) is 25.7 Å². The summed E-state index contributed by atoms with van der Waals surface area (Å²) in [5.74, 6) is -0.0706. The molecular weight excluding hydrogens is 743 g/mol. The van der Waals surface area contributed by atoms with Crippen molar-refractivity contribution in [1.82, 2.24) is 5.32 Å². The third kappa shape index (κ3) is 46.4. The molecule has 0 saturated heterocycles. The molecule has 0 aromatic carbocycles. The van der Waals surface area contributed by atoms with Gasteiger partial charge in [-0.1, -0.05) is 271 Å². The van der Waals surface area contributed by atoms with Crippen LogP contribution in [-0.4, -0.2) is 47.4 Å². The highest BCUT2D eigenvalue weighted by molar-refractivity contribution is 5.76. The van der Waals surface area contributed by atoms with Crippen molar-refractivity contribution in [1.29, 1.82) is 0 Å². The molecule has 0 aromatic heterocycles. The molecule has 0 fully saturated rings. The fourth-order valence-corrected chi connectivity index (χ4v) is 8.70. The average Bonchev–Trinajstić information content (AvgIpc) is 3.25. The fourth-order valence-electron chi connectivity index (χ4n) is 8.70. The van der Waals surface area contributed by atoms with E-state index in [1.54, 1.807) is 0 Å². The Bertz CT molecular complexity index is 852. The van der Waals surface area contributed by atoms with Crippen LogP contribution < -0.4 is 5.32 Å². The van der Waals surface area contributed by atoms with Gasteiger partial charge in [0.15, 0.2) is 0 Å². The maximum absolute atomic E-state index is 12.5. The van der Waals surface area contributed by atoms with Crippen LogP contribution in [0.25, 0.3) is 0 Å². The summed E-state index contributed by atoms with van der Waals surface area (Å²) in [5, 5.41) is 23.3. The highest BCUT2D eigenvalue weighted by Crippen LogP contribution is 2.17. The Morgan fingerprint density at radius 1 is 0.400 bits per heavy atom. The number of rotatable bonds is 51. The van der Waals surface area contributed by atoms with Crippen LogP contribution >= 0.6 is 0 Å². The lowest BCUT2D eigenvalue weighted by atomic mass is 10.0. The number of hydrogen-bond donors (Lipinski definition) is 3. The molecule has 0 radical (unpaired) electrons. The lowest BCUT2D eigenvalue weighted by Crippen LogP contribution is -2.45. The molecule has 0 spiro atoms. The molecule has 0 rings (SSSR count). The van der Waals surface area contributed by atoms with Gasteiger partial charge in [-0.3, -0.25) is 9.59 Å². The van der Waals surface area contributed by atoms with Crippen LogP contribution in [0.3, 0.4) is 0 Å². The Balaban J connectivity index is 3.46. The Morgan fingerprint density at radius 3 is 1.02 bits per heavy atom. The van der Waals surface area contributed by atoms with E-state index >= 15 is 0 Å². The lowest BCUT2D eigenvalue weighted by Gasteiger charge is -2.22. The van der Waals surface area contributed by atoms with Gasteiger partial charge in [0.25, 0.3) is 0 Å². The molecule has 2 unspecified atom stereocenters. The zero-order chi connectivity index (χ0) is 43.7. The number of aliphatic hydroxyl groups excluding tert-OH is 2. The number of ether oxygens (including phenoxy) is 1. The van der Waals surface area contributed by atoms with Crippen LogP contribution in [0.15, 0.2) is 0 Å². The predicted molar refractivity (Wildman–Crippen MR) is 260 cm³/mol. The van der Waals surface area contributed by atoms with Gasteiger partial charge in [0.1, 0.15) is 0 Å². The highest BCUT2D eigenvalue weighted by atomic mass is 16.5. The second-order valence-electron chi connectivity index (χ2n) is 18.9. The van der Waals surface area contributed by atoms with Gasteiger partial charge in [-0.2, -0.15) is 0 Å². The monoisotopic (exact) mass is 850 g/mol.